The van der Waals surface area contributed by atoms with E-state index in [1.54, 1.807) is 0 Å². The van der Waals surface area contributed by atoms with Crippen LogP contribution in [0.4, 0.5) is 0 Å². The third kappa shape index (κ3) is 2.37. The fraction of sp³-hybridized carbons (Fsp3) is 0.667. The summed E-state index contributed by atoms with van der Waals surface area (Å²) in [6.07, 6.45) is 5.90. The second-order valence-electron chi connectivity index (χ2n) is 3.14. The maximum atomic E-state index is 10.8. The molecule has 0 aliphatic heterocycles. The molecule has 2 atom stereocenters. The number of hydrogen-bond donors (Lipinski definition) is 0. The fourth-order valence-electron chi connectivity index (χ4n) is 1.43. The van der Waals surface area contributed by atoms with E-state index in [1.165, 1.54) is 7.11 Å². The molecule has 1 aliphatic rings. The summed E-state index contributed by atoms with van der Waals surface area (Å²) in [5.41, 5.74) is 0. The second kappa shape index (κ2) is 3.56. The number of carbonyl (C=O) groups excluding carboxylic acids is 1. The molecule has 0 aromatic carbocycles. The predicted molar refractivity (Wildman–Crippen MR) is 43.0 cm³/mol. The zero-order valence-corrected chi connectivity index (χ0v) is 7.04. The van der Waals surface area contributed by atoms with Crippen LogP contribution in [-0.4, -0.2) is 13.1 Å². The van der Waals surface area contributed by atoms with Crippen LogP contribution in [0.25, 0.3) is 0 Å². The van der Waals surface area contributed by atoms with Crippen LogP contribution in [0.1, 0.15) is 19.8 Å². The van der Waals surface area contributed by atoms with E-state index >= 15 is 0 Å². The highest BCUT2D eigenvalue weighted by Gasteiger charge is 2.18. The second-order valence-corrected chi connectivity index (χ2v) is 3.14. The van der Waals surface area contributed by atoms with Gasteiger partial charge in [-0.05, 0) is 18.3 Å². The first-order chi connectivity index (χ1) is 5.22. The Bertz CT molecular complexity index is 172. The Morgan fingerprint density at radius 1 is 1.64 bits per heavy atom. The Kier molecular flexibility index (Phi) is 2.69. The highest BCUT2D eigenvalue weighted by molar-refractivity contribution is 5.69. The van der Waals surface area contributed by atoms with Crippen molar-refractivity contribution in [2.24, 2.45) is 11.8 Å². The molecule has 0 aromatic heterocycles. The van der Waals surface area contributed by atoms with Crippen LogP contribution in [0, 0.1) is 11.8 Å². The molecular weight excluding hydrogens is 140 g/mol. The molecule has 0 amide bonds. The van der Waals surface area contributed by atoms with Gasteiger partial charge in [0.15, 0.2) is 0 Å². The van der Waals surface area contributed by atoms with Gasteiger partial charge in [0.25, 0.3) is 0 Å². The summed E-state index contributed by atoms with van der Waals surface area (Å²) >= 11 is 0. The number of methoxy groups -OCH3 is 1. The number of esters is 1. The molecule has 0 radical (unpaired) electrons. The molecule has 0 heterocycles. The van der Waals surface area contributed by atoms with E-state index in [2.05, 4.69) is 23.8 Å². The third-order valence-corrected chi connectivity index (χ3v) is 2.04. The van der Waals surface area contributed by atoms with Crippen molar-refractivity contribution < 1.29 is 9.53 Å². The molecule has 0 fully saturated rings. The zero-order valence-electron chi connectivity index (χ0n) is 7.04. The number of allylic oxidation sites excluding steroid dienone is 2. The predicted octanol–water partition coefficient (Wildman–Crippen LogP) is 1.76. The average Bonchev–Trinajstić information content (AvgIpc) is 2.35. The summed E-state index contributed by atoms with van der Waals surface area (Å²) in [5, 5.41) is 0. The van der Waals surface area contributed by atoms with Crippen LogP contribution < -0.4 is 0 Å². The molecule has 0 saturated heterocycles. The fourth-order valence-corrected chi connectivity index (χ4v) is 1.43. The SMILES string of the molecule is COC(=O)CC1C=CC(C)C1. The van der Waals surface area contributed by atoms with E-state index in [0.29, 0.717) is 18.3 Å². The van der Waals surface area contributed by atoms with Crippen LogP contribution in [-0.2, 0) is 9.53 Å². The standard InChI is InChI=1S/C9H14O2/c1-7-3-4-8(5-7)6-9(10)11-2/h3-4,7-8H,5-6H2,1-2H3. The van der Waals surface area contributed by atoms with E-state index in [9.17, 15) is 4.79 Å². The van der Waals surface area contributed by atoms with E-state index < -0.39 is 0 Å². The zero-order chi connectivity index (χ0) is 8.27. The quantitative estimate of drug-likeness (QED) is 0.447. The summed E-state index contributed by atoms with van der Waals surface area (Å²) in [4.78, 5) is 10.8. The van der Waals surface area contributed by atoms with Crippen molar-refractivity contribution in [3.63, 3.8) is 0 Å². The van der Waals surface area contributed by atoms with Crippen molar-refractivity contribution in [3.8, 4) is 0 Å². The summed E-state index contributed by atoms with van der Waals surface area (Å²) in [7, 11) is 1.43. The van der Waals surface area contributed by atoms with Crippen LogP contribution in [0.2, 0.25) is 0 Å². The normalized spacial score (nSPS) is 28.9. The average molecular weight is 154 g/mol. The maximum Gasteiger partial charge on any atom is 0.306 e. The van der Waals surface area contributed by atoms with Gasteiger partial charge >= 0.3 is 5.97 Å². The molecular formula is C9H14O2. The minimum atomic E-state index is -0.103. The third-order valence-electron chi connectivity index (χ3n) is 2.04. The summed E-state index contributed by atoms with van der Waals surface area (Å²) in [5.74, 6) is 0.941. The highest BCUT2D eigenvalue weighted by Crippen LogP contribution is 2.25. The van der Waals surface area contributed by atoms with Crippen molar-refractivity contribution in [2.75, 3.05) is 7.11 Å². The van der Waals surface area contributed by atoms with Gasteiger partial charge in [-0.25, -0.2) is 0 Å². The smallest absolute Gasteiger partial charge is 0.306 e. The van der Waals surface area contributed by atoms with Crippen molar-refractivity contribution in [1.29, 1.82) is 0 Å². The van der Waals surface area contributed by atoms with E-state index in [4.69, 9.17) is 0 Å². The molecule has 1 rings (SSSR count). The van der Waals surface area contributed by atoms with E-state index in [1.807, 2.05) is 0 Å². The number of hydrogen-bond acceptors (Lipinski definition) is 2. The van der Waals surface area contributed by atoms with Crippen LogP contribution in [0.5, 0.6) is 0 Å². The Morgan fingerprint density at radius 2 is 2.36 bits per heavy atom. The minimum absolute atomic E-state index is 0.103. The lowest BCUT2D eigenvalue weighted by atomic mass is 10.0. The summed E-state index contributed by atoms with van der Waals surface area (Å²) in [6.45, 7) is 2.16. The van der Waals surface area contributed by atoms with Crippen molar-refractivity contribution in [1.82, 2.24) is 0 Å². The summed E-state index contributed by atoms with van der Waals surface area (Å²) < 4.78 is 4.57. The maximum absolute atomic E-state index is 10.8. The largest absolute Gasteiger partial charge is 0.469 e. The Morgan fingerprint density at radius 3 is 2.82 bits per heavy atom. The van der Waals surface area contributed by atoms with Crippen LogP contribution in [0.3, 0.4) is 0 Å². The highest BCUT2D eigenvalue weighted by atomic mass is 16.5. The van der Waals surface area contributed by atoms with Gasteiger partial charge in [0.2, 0.25) is 0 Å². The molecule has 2 nitrogen and oxygen atoms in total. The molecule has 62 valence electrons. The van der Waals surface area contributed by atoms with Gasteiger partial charge in [-0.3, -0.25) is 4.79 Å². The molecule has 0 N–H and O–H groups in total. The molecule has 0 aromatic rings. The number of ether oxygens (including phenoxy) is 1. The molecule has 0 spiro atoms. The Labute approximate surface area is 67.2 Å². The Hall–Kier alpha value is -0.790. The molecule has 0 bridgehead atoms. The van der Waals surface area contributed by atoms with Crippen molar-refractivity contribution in [2.45, 2.75) is 19.8 Å². The van der Waals surface area contributed by atoms with Gasteiger partial charge < -0.3 is 4.74 Å². The lowest BCUT2D eigenvalue weighted by molar-refractivity contribution is -0.141. The van der Waals surface area contributed by atoms with Crippen LogP contribution in [0.15, 0.2) is 12.2 Å². The molecule has 11 heavy (non-hydrogen) atoms. The first-order valence-corrected chi connectivity index (χ1v) is 3.97. The minimum Gasteiger partial charge on any atom is -0.469 e. The van der Waals surface area contributed by atoms with Gasteiger partial charge in [0, 0.05) is 0 Å². The monoisotopic (exact) mass is 154 g/mol. The van der Waals surface area contributed by atoms with E-state index in [0.717, 1.165) is 6.42 Å². The Balaban J connectivity index is 2.29. The molecule has 0 saturated carbocycles. The lowest BCUT2D eigenvalue weighted by Crippen LogP contribution is -2.06. The molecule has 2 unspecified atom stereocenters. The van der Waals surface area contributed by atoms with Gasteiger partial charge in [-0.1, -0.05) is 19.1 Å². The molecule has 1 aliphatic carbocycles. The first-order valence-electron chi connectivity index (χ1n) is 3.97. The number of carbonyl (C=O) groups is 1. The van der Waals surface area contributed by atoms with Gasteiger partial charge in [-0.2, -0.15) is 0 Å². The molecule has 2 heteroatoms. The van der Waals surface area contributed by atoms with Gasteiger partial charge in [0.1, 0.15) is 0 Å². The number of rotatable bonds is 2. The lowest BCUT2D eigenvalue weighted by Gasteiger charge is -2.06. The van der Waals surface area contributed by atoms with Crippen LogP contribution >= 0.6 is 0 Å². The topological polar surface area (TPSA) is 26.3 Å². The van der Waals surface area contributed by atoms with Gasteiger partial charge in [0.05, 0.1) is 13.5 Å². The van der Waals surface area contributed by atoms with Crippen molar-refractivity contribution in [3.05, 3.63) is 12.2 Å². The summed E-state index contributed by atoms with van der Waals surface area (Å²) in [6, 6.07) is 0. The van der Waals surface area contributed by atoms with E-state index in [-0.39, 0.29) is 5.97 Å². The first kappa shape index (κ1) is 8.31. The van der Waals surface area contributed by atoms with Gasteiger partial charge in [-0.15, -0.1) is 0 Å². The van der Waals surface area contributed by atoms with Crippen molar-refractivity contribution >= 4 is 5.97 Å².